The number of pyridine rings is 1. The molecule has 1 aromatic carbocycles. The van der Waals surface area contributed by atoms with Gasteiger partial charge >= 0.3 is 0 Å². The molecular formula is C15H14N4S. The average Bonchev–Trinajstić information content (AvgIpc) is 2.78. The molecule has 0 spiro atoms. The van der Waals surface area contributed by atoms with Crippen LogP contribution in [0.3, 0.4) is 0 Å². The van der Waals surface area contributed by atoms with Crippen molar-refractivity contribution in [2.75, 3.05) is 5.73 Å². The smallest absolute Gasteiger partial charge is 0.129 e. The fraction of sp³-hybridized carbons (Fsp3) is 0.0667. The highest BCUT2D eigenvalue weighted by molar-refractivity contribution is 7.99. The second kappa shape index (κ2) is 5.38. The monoisotopic (exact) mass is 282 g/mol. The molecule has 0 amide bonds. The highest BCUT2D eigenvalue weighted by atomic mass is 32.2. The molecule has 0 bridgehead atoms. The van der Waals surface area contributed by atoms with Crippen LogP contribution in [-0.4, -0.2) is 14.8 Å². The van der Waals surface area contributed by atoms with E-state index in [2.05, 4.69) is 10.1 Å². The first kappa shape index (κ1) is 12.7. The van der Waals surface area contributed by atoms with Crippen LogP contribution in [-0.2, 0) is 0 Å². The fourth-order valence-electron chi connectivity index (χ4n) is 1.87. The Kier molecular flexibility index (Phi) is 3.43. The number of aromatic nitrogens is 3. The quantitative estimate of drug-likeness (QED) is 0.800. The second-order valence-electron chi connectivity index (χ2n) is 4.32. The SMILES string of the molecule is Cc1nn(-c2ccccc2)c(Sc2ccccn2)c1N. The van der Waals surface area contributed by atoms with Crippen LogP contribution in [0.25, 0.3) is 5.69 Å². The van der Waals surface area contributed by atoms with Crippen molar-refractivity contribution in [3.8, 4) is 5.69 Å². The summed E-state index contributed by atoms with van der Waals surface area (Å²) >= 11 is 1.52. The first-order chi connectivity index (χ1) is 9.75. The molecule has 0 radical (unpaired) electrons. The predicted molar refractivity (Wildman–Crippen MR) is 81.1 cm³/mol. The van der Waals surface area contributed by atoms with Gasteiger partial charge < -0.3 is 5.73 Å². The maximum atomic E-state index is 6.16. The minimum Gasteiger partial charge on any atom is -0.395 e. The minimum absolute atomic E-state index is 0.699. The molecule has 4 nitrogen and oxygen atoms in total. The van der Waals surface area contributed by atoms with Crippen LogP contribution in [0.5, 0.6) is 0 Å². The van der Waals surface area contributed by atoms with Gasteiger partial charge in [-0.1, -0.05) is 24.3 Å². The van der Waals surface area contributed by atoms with Gasteiger partial charge in [-0.3, -0.25) is 0 Å². The van der Waals surface area contributed by atoms with E-state index in [1.807, 2.05) is 60.1 Å². The van der Waals surface area contributed by atoms with Crippen LogP contribution in [0.1, 0.15) is 5.69 Å². The largest absolute Gasteiger partial charge is 0.395 e. The summed E-state index contributed by atoms with van der Waals surface area (Å²) < 4.78 is 1.87. The Bertz CT molecular complexity index is 707. The number of rotatable bonds is 3. The Hall–Kier alpha value is -2.27. The van der Waals surface area contributed by atoms with Gasteiger partial charge in [-0.2, -0.15) is 5.10 Å². The molecule has 0 unspecified atom stereocenters. The number of anilines is 1. The molecule has 0 saturated carbocycles. The highest BCUT2D eigenvalue weighted by Gasteiger charge is 2.15. The maximum Gasteiger partial charge on any atom is 0.129 e. The van der Waals surface area contributed by atoms with Crippen molar-refractivity contribution in [2.24, 2.45) is 0 Å². The Labute approximate surface area is 121 Å². The standard InChI is InChI=1S/C15H14N4S/c1-11-14(16)15(20-13-9-5-6-10-17-13)19(18-11)12-7-3-2-4-8-12/h2-10H,16H2,1H3. The van der Waals surface area contributed by atoms with Crippen molar-refractivity contribution >= 4 is 17.4 Å². The summed E-state index contributed by atoms with van der Waals surface area (Å²) in [5.41, 5.74) is 8.67. The molecular weight excluding hydrogens is 268 g/mol. The number of hydrogen-bond donors (Lipinski definition) is 1. The Morgan fingerprint density at radius 3 is 2.50 bits per heavy atom. The third-order valence-corrected chi connectivity index (χ3v) is 3.94. The molecule has 0 aliphatic rings. The van der Waals surface area contributed by atoms with E-state index >= 15 is 0 Å². The van der Waals surface area contributed by atoms with Crippen molar-refractivity contribution in [1.82, 2.24) is 14.8 Å². The fourth-order valence-corrected chi connectivity index (χ4v) is 2.82. The normalized spacial score (nSPS) is 10.7. The van der Waals surface area contributed by atoms with Crippen molar-refractivity contribution in [3.63, 3.8) is 0 Å². The molecule has 2 heterocycles. The summed E-state index contributed by atoms with van der Waals surface area (Å²) in [6.45, 7) is 1.91. The lowest BCUT2D eigenvalue weighted by molar-refractivity contribution is 0.793. The molecule has 100 valence electrons. The van der Waals surface area contributed by atoms with Crippen molar-refractivity contribution in [3.05, 3.63) is 60.4 Å². The van der Waals surface area contributed by atoms with Crippen LogP contribution < -0.4 is 5.73 Å². The lowest BCUT2D eigenvalue weighted by atomic mass is 10.3. The van der Waals surface area contributed by atoms with Gasteiger partial charge in [-0.25, -0.2) is 9.67 Å². The van der Waals surface area contributed by atoms with Crippen molar-refractivity contribution < 1.29 is 0 Å². The molecule has 0 aliphatic carbocycles. The third-order valence-electron chi connectivity index (χ3n) is 2.90. The number of benzene rings is 1. The van der Waals surface area contributed by atoms with Crippen LogP contribution in [0.2, 0.25) is 0 Å². The number of para-hydroxylation sites is 1. The molecule has 0 fully saturated rings. The van der Waals surface area contributed by atoms with Crippen LogP contribution in [0.4, 0.5) is 5.69 Å². The summed E-state index contributed by atoms with van der Waals surface area (Å²) in [7, 11) is 0. The molecule has 5 heteroatoms. The van der Waals surface area contributed by atoms with Gasteiger partial charge in [0.2, 0.25) is 0 Å². The molecule has 2 aromatic heterocycles. The summed E-state index contributed by atoms with van der Waals surface area (Å²) in [5, 5.41) is 6.31. The molecule has 0 aliphatic heterocycles. The number of nitrogens with two attached hydrogens (primary N) is 1. The molecule has 20 heavy (non-hydrogen) atoms. The molecule has 2 N–H and O–H groups in total. The van der Waals surface area contributed by atoms with Gasteiger partial charge in [0.05, 0.1) is 17.1 Å². The summed E-state index contributed by atoms with van der Waals surface area (Å²) in [6.07, 6.45) is 1.77. The molecule has 0 saturated heterocycles. The lowest BCUT2D eigenvalue weighted by Crippen LogP contribution is -1.99. The minimum atomic E-state index is 0.699. The Morgan fingerprint density at radius 1 is 1.05 bits per heavy atom. The van der Waals surface area contributed by atoms with Gasteiger partial charge in [0.1, 0.15) is 10.1 Å². The number of nitrogens with zero attached hydrogens (tertiary/aromatic N) is 3. The first-order valence-corrected chi connectivity index (χ1v) is 7.07. The maximum absolute atomic E-state index is 6.16. The van der Waals surface area contributed by atoms with E-state index in [4.69, 9.17) is 5.73 Å². The molecule has 3 aromatic rings. The number of hydrogen-bond acceptors (Lipinski definition) is 4. The third kappa shape index (κ3) is 2.40. The summed E-state index contributed by atoms with van der Waals surface area (Å²) in [5.74, 6) is 0. The molecule has 3 rings (SSSR count). The zero-order valence-electron chi connectivity index (χ0n) is 11.0. The van der Waals surface area contributed by atoms with E-state index < -0.39 is 0 Å². The van der Waals surface area contributed by atoms with Crippen LogP contribution in [0, 0.1) is 6.92 Å². The second-order valence-corrected chi connectivity index (χ2v) is 5.33. The van der Waals surface area contributed by atoms with Gasteiger partial charge in [0, 0.05) is 6.20 Å². The van der Waals surface area contributed by atoms with Gasteiger partial charge in [0.15, 0.2) is 0 Å². The summed E-state index contributed by atoms with van der Waals surface area (Å²) in [6, 6.07) is 15.8. The van der Waals surface area contributed by atoms with E-state index in [9.17, 15) is 0 Å². The lowest BCUT2D eigenvalue weighted by Gasteiger charge is -2.07. The zero-order chi connectivity index (χ0) is 13.9. The molecule has 0 atom stereocenters. The van der Waals surface area contributed by atoms with Gasteiger partial charge in [-0.15, -0.1) is 0 Å². The van der Waals surface area contributed by atoms with E-state index in [1.54, 1.807) is 6.20 Å². The van der Waals surface area contributed by atoms with Gasteiger partial charge in [0.25, 0.3) is 0 Å². The van der Waals surface area contributed by atoms with Crippen molar-refractivity contribution in [2.45, 2.75) is 17.0 Å². The van der Waals surface area contributed by atoms with Crippen LogP contribution >= 0.6 is 11.8 Å². The number of nitrogen functional groups attached to an aromatic ring is 1. The van der Waals surface area contributed by atoms with Crippen molar-refractivity contribution in [1.29, 1.82) is 0 Å². The highest BCUT2D eigenvalue weighted by Crippen LogP contribution is 2.34. The Morgan fingerprint density at radius 2 is 1.80 bits per heavy atom. The first-order valence-electron chi connectivity index (χ1n) is 6.25. The van der Waals surface area contributed by atoms with Gasteiger partial charge in [-0.05, 0) is 43.0 Å². The Balaban J connectivity index is 2.06. The zero-order valence-corrected chi connectivity index (χ0v) is 11.8. The van der Waals surface area contributed by atoms with E-state index in [0.29, 0.717) is 5.69 Å². The number of aryl methyl sites for hydroxylation is 1. The topological polar surface area (TPSA) is 56.7 Å². The predicted octanol–water partition coefficient (Wildman–Crippen LogP) is 3.31. The summed E-state index contributed by atoms with van der Waals surface area (Å²) in [4.78, 5) is 4.33. The van der Waals surface area contributed by atoms with Crippen LogP contribution in [0.15, 0.2) is 64.8 Å². The van der Waals surface area contributed by atoms with E-state index in [-0.39, 0.29) is 0 Å². The van der Waals surface area contributed by atoms with E-state index in [1.165, 1.54) is 11.8 Å². The average molecular weight is 282 g/mol. The van der Waals surface area contributed by atoms with E-state index in [0.717, 1.165) is 21.4 Å².